The number of hydrogen-bond donors (Lipinski definition) is 0. The van der Waals surface area contributed by atoms with Crippen molar-refractivity contribution in [2.75, 3.05) is 13.2 Å². The molecule has 1 fully saturated rings. The van der Waals surface area contributed by atoms with Crippen molar-refractivity contribution in [1.82, 2.24) is 4.90 Å². The van der Waals surface area contributed by atoms with Gasteiger partial charge in [0.15, 0.2) is 5.41 Å². The van der Waals surface area contributed by atoms with E-state index in [-0.39, 0.29) is 19.6 Å². The van der Waals surface area contributed by atoms with Gasteiger partial charge in [0.25, 0.3) is 0 Å². The number of ether oxygens (including phenoxy) is 2. The molecule has 4 nitrogen and oxygen atoms in total. The van der Waals surface area contributed by atoms with Gasteiger partial charge in [-0.25, -0.2) is 0 Å². The van der Waals surface area contributed by atoms with E-state index in [0.29, 0.717) is 0 Å². The highest BCUT2D eigenvalue weighted by molar-refractivity contribution is 5.40. The second kappa shape index (κ2) is 6.11. The van der Waals surface area contributed by atoms with E-state index >= 15 is 0 Å². The van der Waals surface area contributed by atoms with Crippen LogP contribution in [-0.2, 0) is 9.47 Å². The van der Waals surface area contributed by atoms with Crippen LogP contribution in [0.2, 0.25) is 0 Å². The van der Waals surface area contributed by atoms with Crippen LogP contribution in [0, 0.1) is 16.7 Å². The number of alkyl halides is 6. The number of hydrogen-bond acceptors (Lipinski definition) is 4. The van der Waals surface area contributed by atoms with Gasteiger partial charge in [-0.15, -0.1) is 0 Å². The maximum Gasteiger partial charge on any atom is 0.416 e. The van der Waals surface area contributed by atoms with Crippen molar-refractivity contribution < 1.29 is 35.8 Å². The Morgan fingerprint density at radius 1 is 1.12 bits per heavy atom. The van der Waals surface area contributed by atoms with E-state index in [1.165, 1.54) is 6.92 Å². The van der Waals surface area contributed by atoms with Crippen LogP contribution in [0.3, 0.4) is 0 Å². The smallest absolute Gasteiger partial charge is 0.359 e. The van der Waals surface area contributed by atoms with Gasteiger partial charge in [-0.3, -0.25) is 0 Å². The summed E-state index contributed by atoms with van der Waals surface area (Å²) in [6, 6.07) is 0.884. The lowest BCUT2D eigenvalue weighted by Gasteiger charge is -2.55. The molecular weight excluding hydrogens is 342 g/mol. The first-order valence-corrected chi connectivity index (χ1v) is 7.33. The van der Waals surface area contributed by atoms with E-state index in [9.17, 15) is 26.3 Å². The van der Waals surface area contributed by atoms with E-state index in [2.05, 4.69) is 0 Å². The number of nitrogens with zero attached hydrogens (tertiary/aromatic N) is 2. The Kier molecular flexibility index (Phi) is 4.80. The SMILES string of the molecule is CCO[C@@H]1CC2=C(C(F)(F)F)[C@@](C#N)(C(F)(F)F)C[C@@H](OCC)N21. The lowest BCUT2D eigenvalue weighted by atomic mass is 9.70. The third kappa shape index (κ3) is 2.73. The topological polar surface area (TPSA) is 45.5 Å². The first kappa shape index (κ1) is 18.9. The standard InChI is InChI=1S/C14H16F6N2O2/c1-3-23-9-5-8-11(13(15,16)17)12(7-21,14(18,19)20)6-10(22(8)9)24-4-2/h9-10H,3-6H2,1-2H3/t9-,10-,12-/m1/s1. The molecule has 0 amide bonds. The van der Waals surface area contributed by atoms with Crippen LogP contribution in [0.15, 0.2) is 11.3 Å². The predicted molar refractivity (Wildman–Crippen MR) is 69.1 cm³/mol. The molecule has 2 aliphatic rings. The molecule has 2 aliphatic heterocycles. The zero-order valence-corrected chi connectivity index (χ0v) is 13.0. The van der Waals surface area contributed by atoms with Crippen molar-refractivity contribution >= 4 is 0 Å². The molecule has 0 spiro atoms. The largest absolute Gasteiger partial charge is 0.416 e. The van der Waals surface area contributed by atoms with Crippen LogP contribution in [-0.4, -0.2) is 42.9 Å². The summed E-state index contributed by atoms with van der Waals surface area (Å²) >= 11 is 0. The Bertz CT molecular complexity index is 565. The summed E-state index contributed by atoms with van der Waals surface area (Å²) in [5, 5.41) is 9.08. The molecule has 0 bridgehead atoms. The maximum absolute atomic E-state index is 13.5. The Balaban J connectivity index is 2.63. The van der Waals surface area contributed by atoms with Gasteiger partial charge in [0.1, 0.15) is 12.5 Å². The second-order valence-electron chi connectivity index (χ2n) is 5.47. The molecule has 0 radical (unpaired) electrons. The summed E-state index contributed by atoms with van der Waals surface area (Å²) in [7, 11) is 0. The summed E-state index contributed by atoms with van der Waals surface area (Å²) in [5.41, 5.74) is -6.07. The molecule has 2 rings (SSSR count). The minimum Gasteiger partial charge on any atom is -0.359 e. The van der Waals surface area contributed by atoms with Gasteiger partial charge in [-0.1, -0.05) is 0 Å². The average Bonchev–Trinajstić information content (AvgIpc) is 2.41. The number of nitriles is 1. The normalized spacial score (nSPS) is 30.7. The summed E-state index contributed by atoms with van der Waals surface area (Å²) in [5.74, 6) is 0. The van der Waals surface area contributed by atoms with Gasteiger partial charge in [0.05, 0.1) is 11.6 Å². The van der Waals surface area contributed by atoms with Gasteiger partial charge in [-0.05, 0) is 13.8 Å². The minimum absolute atomic E-state index is 0.00594. The molecule has 0 N–H and O–H groups in total. The fourth-order valence-electron chi connectivity index (χ4n) is 3.22. The molecule has 0 saturated carbocycles. The molecule has 2 heterocycles. The molecule has 10 heteroatoms. The van der Waals surface area contributed by atoms with Crippen LogP contribution >= 0.6 is 0 Å². The summed E-state index contributed by atoms with van der Waals surface area (Å²) in [6.07, 6.45) is -14.2. The first-order valence-electron chi connectivity index (χ1n) is 7.33. The predicted octanol–water partition coefficient (Wildman–Crippen LogP) is 3.71. The highest BCUT2D eigenvalue weighted by atomic mass is 19.4. The van der Waals surface area contributed by atoms with E-state index < -0.39 is 47.9 Å². The Morgan fingerprint density at radius 2 is 1.67 bits per heavy atom. The van der Waals surface area contributed by atoms with Crippen molar-refractivity contribution in [3.05, 3.63) is 11.3 Å². The molecule has 1 saturated heterocycles. The van der Waals surface area contributed by atoms with E-state index in [4.69, 9.17) is 14.7 Å². The van der Waals surface area contributed by atoms with Crippen molar-refractivity contribution in [2.45, 2.75) is 51.5 Å². The van der Waals surface area contributed by atoms with Crippen LogP contribution in [0.25, 0.3) is 0 Å². The van der Waals surface area contributed by atoms with Gasteiger partial charge in [0, 0.05) is 31.8 Å². The molecule has 0 aromatic carbocycles. The molecule has 0 aromatic rings. The highest BCUT2D eigenvalue weighted by Gasteiger charge is 2.70. The number of allylic oxidation sites excluding steroid dienone is 1. The first-order chi connectivity index (χ1) is 11.0. The van der Waals surface area contributed by atoms with Crippen LogP contribution in [0.5, 0.6) is 0 Å². The number of halogens is 6. The van der Waals surface area contributed by atoms with E-state index in [0.717, 1.165) is 11.0 Å². The van der Waals surface area contributed by atoms with E-state index in [1.54, 1.807) is 6.92 Å². The molecule has 0 aliphatic carbocycles. The summed E-state index contributed by atoms with van der Waals surface area (Å²) in [4.78, 5) is 1.07. The minimum atomic E-state index is -5.38. The van der Waals surface area contributed by atoms with Gasteiger partial charge in [-0.2, -0.15) is 31.6 Å². The second-order valence-corrected chi connectivity index (χ2v) is 5.47. The maximum atomic E-state index is 13.5. The van der Waals surface area contributed by atoms with Crippen molar-refractivity contribution in [3.8, 4) is 6.07 Å². The van der Waals surface area contributed by atoms with Gasteiger partial charge >= 0.3 is 12.4 Å². The fourth-order valence-corrected chi connectivity index (χ4v) is 3.22. The number of fused-ring (bicyclic) bond motifs is 1. The monoisotopic (exact) mass is 358 g/mol. The quantitative estimate of drug-likeness (QED) is 0.719. The van der Waals surface area contributed by atoms with Crippen LogP contribution < -0.4 is 0 Å². The van der Waals surface area contributed by atoms with Gasteiger partial charge < -0.3 is 14.4 Å². The summed E-state index contributed by atoms with van der Waals surface area (Å²) in [6.45, 7) is 3.33. The van der Waals surface area contributed by atoms with Crippen LogP contribution in [0.4, 0.5) is 26.3 Å². The molecule has 0 unspecified atom stereocenters. The van der Waals surface area contributed by atoms with Gasteiger partial charge in [0.2, 0.25) is 0 Å². The van der Waals surface area contributed by atoms with Crippen molar-refractivity contribution in [3.63, 3.8) is 0 Å². The van der Waals surface area contributed by atoms with Crippen molar-refractivity contribution in [1.29, 1.82) is 5.26 Å². The Hall–Kier alpha value is -1.47. The average molecular weight is 358 g/mol. The summed E-state index contributed by atoms with van der Waals surface area (Å²) < 4.78 is 91.2. The number of rotatable bonds is 4. The van der Waals surface area contributed by atoms with E-state index in [1.807, 2.05) is 0 Å². The molecule has 24 heavy (non-hydrogen) atoms. The third-order valence-corrected chi connectivity index (χ3v) is 4.17. The molecule has 0 aromatic heterocycles. The molecule has 3 atom stereocenters. The zero-order valence-electron chi connectivity index (χ0n) is 13.0. The molecule has 136 valence electrons. The highest BCUT2D eigenvalue weighted by Crippen LogP contribution is 2.60. The molecular formula is C14H16F6N2O2. The zero-order chi connectivity index (χ0) is 18.3. The lowest BCUT2D eigenvalue weighted by molar-refractivity contribution is -0.258. The van der Waals surface area contributed by atoms with Crippen LogP contribution in [0.1, 0.15) is 26.7 Å². The Morgan fingerprint density at radius 3 is 2.08 bits per heavy atom. The Labute approximate surface area is 134 Å². The lowest BCUT2D eigenvalue weighted by Crippen LogP contribution is -2.63. The van der Waals surface area contributed by atoms with Crippen molar-refractivity contribution in [2.24, 2.45) is 5.41 Å². The fraction of sp³-hybridized carbons (Fsp3) is 0.786. The third-order valence-electron chi connectivity index (χ3n) is 4.17.